The minimum Gasteiger partial charge on any atom is -0.368 e. The van der Waals surface area contributed by atoms with Crippen LogP contribution in [-0.4, -0.2) is 11.3 Å². The second kappa shape index (κ2) is 4.37. The number of halogens is 3. The summed E-state index contributed by atoms with van der Waals surface area (Å²) in [6.45, 7) is 0. The van der Waals surface area contributed by atoms with Crippen molar-refractivity contribution in [2.75, 3.05) is 0 Å². The zero-order valence-corrected chi connectivity index (χ0v) is 7.89. The molecule has 0 aliphatic rings. The van der Waals surface area contributed by atoms with Crippen LogP contribution in [0, 0.1) is 11.6 Å². The molecule has 0 saturated heterocycles. The summed E-state index contributed by atoms with van der Waals surface area (Å²) in [5, 5.41) is -0.977. The van der Waals surface area contributed by atoms with Crippen molar-refractivity contribution < 1.29 is 13.6 Å². The molecule has 5 heteroatoms. The number of primary amides is 1. The molecule has 0 heterocycles. The van der Waals surface area contributed by atoms with Gasteiger partial charge in [-0.2, -0.15) is 0 Å². The maximum Gasteiger partial charge on any atom is 0.235 e. The Kier molecular flexibility index (Phi) is 3.41. The predicted octanol–water partition coefficient (Wildman–Crippen LogP) is 1.60. The first-order chi connectivity index (χ1) is 6.50. The van der Waals surface area contributed by atoms with E-state index in [1.807, 2.05) is 0 Å². The van der Waals surface area contributed by atoms with E-state index in [0.717, 1.165) is 12.1 Å². The minimum atomic E-state index is -0.977. The fourth-order valence-corrected chi connectivity index (χ4v) is 1.15. The van der Waals surface area contributed by atoms with Gasteiger partial charge in [-0.15, -0.1) is 11.6 Å². The van der Waals surface area contributed by atoms with E-state index < -0.39 is 22.9 Å². The number of benzene rings is 1. The van der Waals surface area contributed by atoms with Crippen molar-refractivity contribution in [3.63, 3.8) is 0 Å². The number of rotatable bonds is 3. The Labute approximate surface area is 84.7 Å². The first-order valence-corrected chi connectivity index (χ1v) is 4.31. The van der Waals surface area contributed by atoms with E-state index in [4.69, 9.17) is 17.3 Å². The number of carbonyl (C=O) groups excluding carboxylic acids is 1. The van der Waals surface area contributed by atoms with Crippen LogP contribution in [0.5, 0.6) is 0 Å². The Morgan fingerprint density at radius 2 is 2.14 bits per heavy atom. The van der Waals surface area contributed by atoms with Gasteiger partial charge < -0.3 is 5.73 Å². The van der Waals surface area contributed by atoms with Gasteiger partial charge in [-0.1, -0.05) is 6.07 Å². The van der Waals surface area contributed by atoms with Gasteiger partial charge in [-0.05, 0) is 11.6 Å². The molecule has 0 spiro atoms. The van der Waals surface area contributed by atoms with E-state index in [0.29, 0.717) is 0 Å². The molecule has 0 aromatic heterocycles. The van der Waals surface area contributed by atoms with Crippen molar-refractivity contribution in [3.05, 3.63) is 35.4 Å². The number of amides is 1. The molecule has 76 valence electrons. The molecule has 1 amide bonds. The summed E-state index contributed by atoms with van der Waals surface area (Å²) in [5.74, 6) is -2.12. The highest BCUT2D eigenvalue weighted by Gasteiger charge is 2.14. The molecule has 0 fully saturated rings. The minimum absolute atomic E-state index is 0.0387. The van der Waals surface area contributed by atoms with Gasteiger partial charge in [-0.25, -0.2) is 8.78 Å². The Morgan fingerprint density at radius 3 is 2.64 bits per heavy atom. The summed E-state index contributed by atoms with van der Waals surface area (Å²) in [4.78, 5) is 10.6. The normalized spacial score (nSPS) is 12.5. The zero-order chi connectivity index (χ0) is 10.7. The van der Waals surface area contributed by atoms with Crippen LogP contribution in [0.3, 0.4) is 0 Å². The summed E-state index contributed by atoms with van der Waals surface area (Å²) in [7, 11) is 0. The third-order valence-corrected chi connectivity index (χ3v) is 2.09. The molecule has 14 heavy (non-hydrogen) atoms. The van der Waals surface area contributed by atoms with E-state index in [9.17, 15) is 13.6 Å². The van der Waals surface area contributed by atoms with Crippen LogP contribution in [0.2, 0.25) is 0 Å². The van der Waals surface area contributed by atoms with E-state index in [-0.39, 0.29) is 12.0 Å². The lowest BCUT2D eigenvalue weighted by molar-refractivity contribution is -0.117. The van der Waals surface area contributed by atoms with E-state index in [1.165, 1.54) is 6.07 Å². The van der Waals surface area contributed by atoms with Crippen molar-refractivity contribution in [2.45, 2.75) is 11.8 Å². The van der Waals surface area contributed by atoms with Crippen LogP contribution in [-0.2, 0) is 11.2 Å². The number of carbonyl (C=O) groups is 1. The fourth-order valence-electron chi connectivity index (χ4n) is 0.981. The lowest BCUT2D eigenvalue weighted by atomic mass is 10.1. The van der Waals surface area contributed by atoms with E-state index in [1.54, 1.807) is 0 Å². The molecule has 0 aliphatic carbocycles. The molecule has 1 aromatic carbocycles. The first kappa shape index (κ1) is 10.9. The van der Waals surface area contributed by atoms with Gasteiger partial charge >= 0.3 is 0 Å². The van der Waals surface area contributed by atoms with Gasteiger partial charge in [0.1, 0.15) is 17.0 Å². The van der Waals surface area contributed by atoms with E-state index in [2.05, 4.69) is 0 Å². The summed E-state index contributed by atoms with van der Waals surface area (Å²) in [6.07, 6.45) is -0.0387. The average Bonchev–Trinajstić information content (AvgIpc) is 2.09. The van der Waals surface area contributed by atoms with Crippen molar-refractivity contribution in [1.82, 2.24) is 0 Å². The standard InChI is InChI=1S/C9H8ClF2NO/c10-7(9(13)14)3-5-1-2-6(11)4-8(5)12/h1-2,4,7H,3H2,(H2,13,14). The smallest absolute Gasteiger partial charge is 0.235 e. The second-order valence-corrected chi connectivity index (χ2v) is 3.34. The van der Waals surface area contributed by atoms with Crippen LogP contribution >= 0.6 is 11.6 Å². The molecule has 1 unspecified atom stereocenters. The third kappa shape index (κ3) is 2.67. The predicted molar refractivity (Wildman–Crippen MR) is 48.9 cm³/mol. The summed E-state index contributed by atoms with van der Waals surface area (Å²) >= 11 is 5.53. The van der Waals surface area contributed by atoms with Crippen LogP contribution in [0.15, 0.2) is 18.2 Å². The lowest BCUT2D eigenvalue weighted by Gasteiger charge is -2.06. The van der Waals surface area contributed by atoms with E-state index >= 15 is 0 Å². The highest BCUT2D eigenvalue weighted by molar-refractivity contribution is 6.30. The van der Waals surface area contributed by atoms with Gasteiger partial charge in [0, 0.05) is 12.5 Å². The van der Waals surface area contributed by atoms with Crippen molar-refractivity contribution in [3.8, 4) is 0 Å². The quantitative estimate of drug-likeness (QED) is 0.771. The lowest BCUT2D eigenvalue weighted by Crippen LogP contribution is -2.25. The van der Waals surface area contributed by atoms with Gasteiger partial charge in [0.05, 0.1) is 0 Å². The van der Waals surface area contributed by atoms with Crippen molar-refractivity contribution >= 4 is 17.5 Å². The molecule has 1 rings (SSSR count). The number of hydrogen-bond acceptors (Lipinski definition) is 1. The molecule has 1 aromatic rings. The second-order valence-electron chi connectivity index (χ2n) is 2.81. The van der Waals surface area contributed by atoms with Crippen LogP contribution in [0.1, 0.15) is 5.56 Å². The molecule has 2 nitrogen and oxygen atoms in total. The molecule has 0 saturated carbocycles. The average molecular weight is 220 g/mol. The van der Waals surface area contributed by atoms with Gasteiger partial charge in [0.25, 0.3) is 0 Å². The Morgan fingerprint density at radius 1 is 1.50 bits per heavy atom. The fraction of sp³-hybridized carbons (Fsp3) is 0.222. The SMILES string of the molecule is NC(=O)C(Cl)Cc1ccc(F)cc1F. The van der Waals surface area contributed by atoms with Crippen LogP contribution in [0.4, 0.5) is 8.78 Å². The van der Waals surface area contributed by atoms with Crippen molar-refractivity contribution in [2.24, 2.45) is 5.73 Å². The topological polar surface area (TPSA) is 43.1 Å². The summed E-state index contributed by atoms with van der Waals surface area (Å²) < 4.78 is 25.5. The van der Waals surface area contributed by atoms with Crippen LogP contribution in [0.25, 0.3) is 0 Å². The Bertz CT molecular complexity index is 357. The summed E-state index contributed by atoms with van der Waals surface area (Å²) in [6, 6.07) is 3.08. The Balaban J connectivity index is 2.82. The maximum absolute atomic E-state index is 13.0. The number of alkyl halides is 1. The molecule has 0 radical (unpaired) electrons. The number of hydrogen-bond donors (Lipinski definition) is 1. The molecule has 2 N–H and O–H groups in total. The molecular weight excluding hydrogens is 212 g/mol. The van der Waals surface area contributed by atoms with Gasteiger partial charge in [0.2, 0.25) is 5.91 Å². The van der Waals surface area contributed by atoms with Gasteiger partial charge in [0.15, 0.2) is 0 Å². The summed E-state index contributed by atoms with van der Waals surface area (Å²) in [5.41, 5.74) is 5.07. The molecule has 0 bridgehead atoms. The van der Waals surface area contributed by atoms with Gasteiger partial charge in [-0.3, -0.25) is 4.79 Å². The Hall–Kier alpha value is -1.16. The third-order valence-electron chi connectivity index (χ3n) is 1.72. The van der Waals surface area contributed by atoms with Crippen molar-refractivity contribution in [1.29, 1.82) is 0 Å². The maximum atomic E-state index is 13.0. The largest absolute Gasteiger partial charge is 0.368 e. The molecule has 1 atom stereocenters. The molecule has 0 aliphatic heterocycles. The number of nitrogens with two attached hydrogens (primary N) is 1. The monoisotopic (exact) mass is 219 g/mol. The highest BCUT2D eigenvalue weighted by atomic mass is 35.5. The highest BCUT2D eigenvalue weighted by Crippen LogP contribution is 2.13. The molecular formula is C9H8ClF2NO. The van der Waals surface area contributed by atoms with Crippen LogP contribution < -0.4 is 5.73 Å². The zero-order valence-electron chi connectivity index (χ0n) is 7.14. The first-order valence-electron chi connectivity index (χ1n) is 3.88.